The van der Waals surface area contributed by atoms with Crippen LogP contribution >= 0.6 is 23.7 Å². The van der Waals surface area contributed by atoms with E-state index in [1.165, 1.54) is 31.7 Å². The topological polar surface area (TPSA) is 37.4 Å². The molecule has 2 fully saturated rings. The van der Waals surface area contributed by atoms with Gasteiger partial charge in [0.2, 0.25) is 0 Å². The van der Waals surface area contributed by atoms with Crippen LogP contribution in [0.25, 0.3) is 10.2 Å². The molecule has 26 heavy (non-hydrogen) atoms. The lowest BCUT2D eigenvalue weighted by Crippen LogP contribution is -2.25. The van der Waals surface area contributed by atoms with Crippen LogP contribution in [0, 0.1) is 11.8 Å². The first-order chi connectivity index (χ1) is 12.3. The molecule has 2 saturated heterocycles. The molecule has 2 aliphatic heterocycles. The van der Waals surface area contributed by atoms with E-state index in [0.717, 1.165) is 34.3 Å². The molecule has 0 radical (unpaired) electrons. The normalized spacial score (nSPS) is 22.3. The number of hydrogen-bond donors (Lipinski definition) is 1. The van der Waals surface area contributed by atoms with Crippen LogP contribution in [0.5, 0.6) is 10.9 Å². The van der Waals surface area contributed by atoms with Crippen molar-refractivity contribution in [2.45, 2.75) is 6.54 Å². The summed E-state index contributed by atoms with van der Waals surface area (Å²) in [6, 6.07) is 16.6. The highest BCUT2D eigenvalue weighted by molar-refractivity contribution is 7.20. The van der Waals surface area contributed by atoms with Gasteiger partial charge in [-0.15, -0.1) is 12.4 Å². The highest BCUT2D eigenvalue weighted by Gasteiger charge is 2.35. The van der Waals surface area contributed by atoms with Crippen LogP contribution in [-0.4, -0.2) is 36.1 Å². The van der Waals surface area contributed by atoms with Crippen molar-refractivity contribution in [1.82, 2.24) is 15.2 Å². The first-order valence-electron chi connectivity index (χ1n) is 8.89. The second-order valence-electron chi connectivity index (χ2n) is 7.07. The van der Waals surface area contributed by atoms with Crippen LogP contribution in [-0.2, 0) is 6.54 Å². The second kappa shape index (κ2) is 7.53. The summed E-state index contributed by atoms with van der Waals surface area (Å²) in [6.07, 6.45) is 0. The molecule has 0 bridgehead atoms. The molecule has 136 valence electrons. The highest BCUT2D eigenvalue weighted by Crippen LogP contribution is 2.31. The second-order valence-corrected chi connectivity index (χ2v) is 8.06. The van der Waals surface area contributed by atoms with Crippen molar-refractivity contribution < 1.29 is 4.74 Å². The quantitative estimate of drug-likeness (QED) is 0.729. The number of nitrogens with zero attached hydrogens (tertiary/aromatic N) is 2. The lowest BCUT2D eigenvalue weighted by Gasteiger charge is -2.17. The largest absolute Gasteiger partial charge is 0.431 e. The van der Waals surface area contributed by atoms with Gasteiger partial charge < -0.3 is 10.1 Å². The van der Waals surface area contributed by atoms with E-state index in [1.807, 2.05) is 18.2 Å². The van der Waals surface area contributed by atoms with Gasteiger partial charge in [0.15, 0.2) is 0 Å². The van der Waals surface area contributed by atoms with Gasteiger partial charge in [0.1, 0.15) is 5.75 Å². The van der Waals surface area contributed by atoms with Crippen LogP contribution in [0.2, 0.25) is 0 Å². The predicted molar refractivity (Wildman–Crippen MR) is 109 cm³/mol. The maximum Gasteiger partial charge on any atom is 0.279 e. The fourth-order valence-electron chi connectivity index (χ4n) is 4.00. The van der Waals surface area contributed by atoms with Gasteiger partial charge >= 0.3 is 0 Å². The van der Waals surface area contributed by atoms with Crippen molar-refractivity contribution in [1.29, 1.82) is 0 Å². The van der Waals surface area contributed by atoms with Crippen LogP contribution < -0.4 is 10.1 Å². The molecular formula is C20H22ClN3OS. The molecule has 6 heteroatoms. The van der Waals surface area contributed by atoms with E-state index >= 15 is 0 Å². The summed E-state index contributed by atoms with van der Waals surface area (Å²) in [4.78, 5) is 7.11. The number of rotatable bonds is 4. The van der Waals surface area contributed by atoms with E-state index in [-0.39, 0.29) is 12.4 Å². The minimum atomic E-state index is 0. The Bertz CT molecular complexity index is 837. The van der Waals surface area contributed by atoms with E-state index in [4.69, 9.17) is 4.74 Å². The third kappa shape index (κ3) is 3.58. The maximum atomic E-state index is 5.93. The number of para-hydroxylation sites is 1. The van der Waals surface area contributed by atoms with Crippen molar-refractivity contribution in [2.24, 2.45) is 11.8 Å². The Morgan fingerprint density at radius 3 is 2.50 bits per heavy atom. The highest BCUT2D eigenvalue weighted by atomic mass is 35.5. The van der Waals surface area contributed by atoms with Crippen LogP contribution in [0.1, 0.15) is 5.56 Å². The fraction of sp³-hybridized carbons (Fsp3) is 0.350. The van der Waals surface area contributed by atoms with Crippen molar-refractivity contribution in [3.8, 4) is 10.9 Å². The molecule has 3 aromatic rings. The number of nitrogens with one attached hydrogen (secondary N) is 1. The molecule has 3 heterocycles. The average Bonchev–Trinajstić information content (AvgIpc) is 3.30. The molecule has 5 rings (SSSR count). The summed E-state index contributed by atoms with van der Waals surface area (Å²) < 4.78 is 7.09. The van der Waals surface area contributed by atoms with E-state index in [1.54, 1.807) is 11.3 Å². The number of benzene rings is 2. The number of fused-ring (bicyclic) bond motifs is 2. The van der Waals surface area contributed by atoms with Gasteiger partial charge in [-0.25, -0.2) is 4.98 Å². The predicted octanol–water partition coefficient (Wildman–Crippen LogP) is 4.16. The third-order valence-electron chi connectivity index (χ3n) is 5.27. The Balaban J connectivity index is 0.00000168. The average molecular weight is 388 g/mol. The van der Waals surface area contributed by atoms with Crippen molar-refractivity contribution in [2.75, 3.05) is 26.2 Å². The molecule has 2 aromatic carbocycles. The Hall–Kier alpha value is -1.66. The Labute approximate surface area is 163 Å². The molecule has 1 aromatic heterocycles. The summed E-state index contributed by atoms with van der Waals surface area (Å²) in [5.41, 5.74) is 2.35. The number of aromatic nitrogens is 1. The van der Waals surface area contributed by atoms with Crippen molar-refractivity contribution >= 4 is 34.0 Å². The van der Waals surface area contributed by atoms with Crippen molar-refractivity contribution in [3.05, 3.63) is 54.1 Å². The van der Waals surface area contributed by atoms with E-state index in [2.05, 4.69) is 45.5 Å². The zero-order valence-electron chi connectivity index (χ0n) is 14.4. The molecule has 0 aliphatic carbocycles. The molecule has 2 aliphatic rings. The first-order valence-corrected chi connectivity index (χ1v) is 9.70. The molecular weight excluding hydrogens is 366 g/mol. The van der Waals surface area contributed by atoms with Gasteiger partial charge in [0, 0.05) is 19.6 Å². The Kier molecular flexibility index (Phi) is 5.14. The molecule has 1 N–H and O–H groups in total. The maximum absolute atomic E-state index is 5.93. The molecule has 2 atom stereocenters. The summed E-state index contributed by atoms with van der Waals surface area (Å²) in [7, 11) is 0. The lowest BCUT2D eigenvalue weighted by atomic mass is 10.0. The number of halogens is 1. The van der Waals surface area contributed by atoms with Gasteiger partial charge in [-0.3, -0.25) is 4.90 Å². The van der Waals surface area contributed by atoms with E-state index in [0.29, 0.717) is 5.19 Å². The number of likely N-dealkylation sites (tertiary alicyclic amines) is 1. The minimum absolute atomic E-state index is 0. The van der Waals surface area contributed by atoms with Gasteiger partial charge in [-0.2, -0.15) is 0 Å². The summed E-state index contributed by atoms with van der Waals surface area (Å²) in [5.74, 6) is 2.55. The van der Waals surface area contributed by atoms with Gasteiger partial charge in [0.25, 0.3) is 5.19 Å². The summed E-state index contributed by atoms with van der Waals surface area (Å²) in [5, 5.41) is 4.20. The SMILES string of the molecule is Cl.c1ccc2sc(Oc3ccc(CN4CC5CNCC5C4)cc3)nc2c1. The molecule has 0 spiro atoms. The smallest absolute Gasteiger partial charge is 0.279 e. The molecule has 0 saturated carbocycles. The minimum Gasteiger partial charge on any atom is -0.431 e. The van der Waals surface area contributed by atoms with Gasteiger partial charge in [-0.1, -0.05) is 35.6 Å². The van der Waals surface area contributed by atoms with Gasteiger partial charge in [0.05, 0.1) is 10.2 Å². The van der Waals surface area contributed by atoms with Crippen LogP contribution in [0.15, 0.2) is 48.5 Å². The monoisotopic (exact) mass is 387 g/mol. The summed E-state index contributed by atoms with van der Waals surface area (Å²) in [6.45, 7) is 5.86. The van der Waals surface area contributed by atoms with Crippen molar-refractivity contribution in [3.63, 3.8) is 0 Å². The number of thiazole rings is 1. The molecule has 0 amide bonds. The number of hydrogen-bond acceptors (Lipinski definition) is 5. The molecule has 4 nitrogen and oxygen atoms in total. The standard InChI is InChI=1S/C20H21N3OS.ClH/c1-2-4-19-18(3-1)22-20(25-19)24-17-7-5-14(6-8-17)11-23-12-15-9-21-10-16(15)13-23;/h1-8,15-16,21H,9-13H2;1H. The fourth-order valence-corrected chi connectivity index (χ4v) is 4.83. The van der Waals surface area contributed by atoms with E-state index < -0.39 is 0 Å². The zero-order chi connectivity index (χ0) is 16.6. The first kappa shape index (κ1) is 17.7. The van der Waals surface area contributed by atoms with Crippen LogP contribution in [0.3, 0.4) is 0 Å². The number of ether oxygens (including phenoxy) is 1. The Morgan fingerprint density at radius 1 is 1.04 bits per heavy atom. The van der Waals surface area contributed by atoms with Gasteiger partial charge in [-0.05, 0) is 54.8 Å². The summed E-state index contributed by atoms with van der Waals surface area (Å²) >= 11 is 1.58. The Morgan fingerprint density at radius 2 is 1.77 bits per heavy atom. The lowest BCUT2D eigenvalue weighted by molar-refractivity contribution is 0.305. The molecule has 2 unspecified atom stereocenters. The van der Waals surface area contributed by atoms with E-state index in [9.17, 15) is 0 Å². The van der Waals surface area contributed by atoms with Crippen LogP contribution in [0.4, 0.5) is 0 Å². The zero-order valence-corrected chi connectivity index (χ0v) is 16.1. The third-order valence-corrected chi connectivity index (χ3v) is 6.19.